The minimum absolute atomic E-state index is 0.0227. The number of nitrogens with zero attached hydrogens (tertiary/aromatic N) is 1. The van der Waals surface area contributed by atoms with Crippen molar-refractivity contribution in [2.45, 2.75) is 24.8 Å². The topological polar surface area (TPSA) is 82.7 Å². The second kappa shape index (κ2) is 7.74. The molecule has 160 valence electrons. The summed E-state index contributed by atoms with van der Waals surface area (Å²) < 4.78 is 5.40. The zero-order valence-electron chi connectivity index (χ0n) is 17.4. The largest absolute Gasteiger partial charge is 0.378 e. The van der Waals surface area contributed by atoms with E-state index in [4.69, 9.17) is 4.74 Å². The van der Waals surface area contributed by atoms with Gasteiger partial charge >= 0.3 is 0 Å². The highest BCUT2D eigenvalue weighted by Crippen LogP contribution is 2.32. The van der Waals surface area contributed by atoms with Crippen LogP contribution in [0.3, 0.4) is 0 Å². The Morgan fingerprint density at radius 2 is 1.87 bits per heavy atom. The fourth-order valence-corrected chi connectivity index (χ4v) is 4.65. The van der Waals surface area contributed by atoms with Gasteiger partial charge in [0.25, 0.3) is 11.8 Å². The van der Waals surface area contributed by atoms with E-state index in [1.807, 2.05) is 42.5 Å². The van der Waals surface area contributed by atoms with Crippen LogP contribution >= 0.6 is 0 Å². The first-order valence-corrected chi connectivity index (χ1v) is 10.7. The van der Waals surface area contributed by atoms with Gasteiger partial charge in [0.05, 0.1) is 19.0 Å². The van der Waals surface area contributed by atoms with Crippen LogP contribution in [0.2, 0.25) is 0 Å². The maximum absolute atomic E-state index is 12.8. The molecule has 2 fully saturated rings. The molecule has 0 saturated carbocycles. The Morgan fingerprint density at radius 1 is 1.10 bits per heavy atom. The monoisotopic (exact) mass is 418 g/mol. The van der Waals surface area contributed by atoms with E-state index in [-0.39, 0.29) is 11.8 Å². The van der Waals surface area contributed by atoms with Crippen LogP contribution in [-0.2, 0) is 22.4 Å². The first kappa shape index (κ1) is 19.6. The number of benzene rings is 2. The van der Waals surface area contributed by atoms with Gasteiger partial charge < -0.3 is 25.6 Å². The second-order valence-electron chi connectivity index (χ2n) is 8.40. The van der Waals surface area contributed by atoms with Crippen molar-refractivity contribution in [3.63, 3.8) is 0 Å². The maximum atomic E-state index is 12.8. The number of rotatable bonds is 3. The molecule has 1 aliphatic carbocycles. The van der Waals surface area contributed by atoms with E-state index in [0.717, 1.165) is 55.2 Å². The number of hydrogen-bond acceptors (Lipinski definition) is 5. The number of carbonyl (C=O) groups excluding carboxylic acids is 2. The van der Waals surface area contributed by atoms with Crippen molar-refractivity contribution in [2.24, 2.45) is 0 Å². The average Bonchev–Trinajstić information content (AvgIpc) is 3.06. The fourth-order valence-electron chi connectivity index (χ4n) is 4.65. The van der Waals surface area contributed by atoms with E-state index >= 15 is 0 Å². The number of ether oxygens (including phenoxy) is 1. The summed E-state index contributed by atoms with van der Waals surface area (Å²) in [6, 6.07) is 13.7. The predicted octanol–water partition coefficient (Wildman–Crippen LogP) is 2.19. The Morgan fingerprint density at radius 3 is 2.58 bits per heavy atom. The number of anilines is 2. The third kappa shape index (κ3) is 3.77. The minimum Gasteiger partial charge on any atom is -0.378 e. The third-order valence-electron chi connectivity index (χ3n) is 6.37. The number of morpholine rings is 1. The van der Waals surface area contributed by atoms with E-state index in [0.29, 0.717) is 24.2 Å². The van der Waals surface area contributed by atoms with Crippen molar-refractivity contribution in [3.8, 4) is 0 Å². The molecule has 0 aromatic heterocycles. The summed E-state index contributed by atoms with van der Waals surface area (Å²) in [5, 5.41) is 8.97. The summed E-state index contributed by atoms with van der Waals surface area (Å²) in [7, 11) is 0. The molecule has 3 aliphatic rings. The Kier molecular flexibility index (Phi) is 4.90. The van der Waals surface area contributed by atoms with Crippen LogP contribution in [0.4, 0.5) is 11.4 Å². The summed E-state index contributed by atoms with van der Waals surface area (Å²) in [6.07, 6.45) is 2.01. The Hall–Kier alpha value is -3.32. The van der Waals surface area contributed by atoms with E-state index in [2.05, 4.69) is 27.4 Å². The lowest BCUT2D eigenvalue weighted by atomic mass is 9.77. The molecule has 2 aliphatic heterocycles. The van der Waals surface area contributed by atoms with Gasteiger partial charge in [0.15, 0.2) is 0 Å². The molecule has 1 spiro atoms. The van der Waals surface area contributed by atoms with Crippen LogP contribution in [0, 0.1) is 0 Å². The smallest absolute Gasteiger partial charge is 0.255 e. The van der Waals surface area contributed by atoms with Gasteiger partial charge in [0.1, 0.15) is 5.54 Å². The minimum atomic E-state index is -0.615. The molecule has 7 nitrogen and oxygen atoms in total. The molecule has 2 aromatic carbocycles. The summed E-state index contributed by atoms with van der Waals surface area (Å²) in [4.78, 5) is 27.4. The Bertz CT molecular complexity index is 1040. The number of nitrogens with one attached hydrogen (secondary N) is 3. The van der Waals surface area contributed by atoms with Crippen LogP contribution in [-0.4, -0.2) is 43.7 Å². The summed E-state index contributed by atoms with van der Waals surface area (Å²) in [5.41, 5.74) is 4.12. The zero-order valence-corrected chi connectivity index (χ0v) is 17.4. The summed E-state index contributed by atoms with van der Waals surface area (Å²) >= 11 is 0. The molecular weight excluding hydrogens is 392 g/mol. The van der Waals surface area contributed by atoms with Crippen molar-refractivity contribution >= 4 is 23.2 Å². The molecule has 1 unspecified atom stereocenters. The molecule has 1 atom stereocenters. The SMILES string of the molecule is C=C1NC(=O)C2(CCc3cc(C(=O)Nc4ccc(N5CCOCC5)cc4)ccc3C2)N1. The van der Waals surface area contributed by atoms with Crippen molar-refractivity contribution in [3.05, 3.63) is 71.6 Å². The molecular formula is C24H26N4O3. The van der Waals surface area contributed by atoms with Gasteiger partial charge in [-0.2, -0.15) is 0 Å². The van der Waals surface area contributed by atoms with E-state index in [9.17, 15) is 9.59 Å². The van der Waals surface area contributed by atoms with Crippen molar-refractivity contribution < 1.29 is 14.3 Å². The lowest BCUT2D eigenvalue weighted by Crippen LogP contribution is -2.50. The van der Waals surface area contributed by atoms with E-state index < -0.39 is 5.54 Å². The van der Waals surface area contributed by atoms with Crippen molar-refractivity contribution in [1.82, 2.24) is 10.6 Å². The molecule has 2 saturated heterocycles. The first-order valence-electron chi connectivity index (χ1n) is 10.7. The van der Waals surface area contributed by atoms with Crippen LogP contribution in [0.1, 0.15) is 27.9 Å². The number of hydrogen-bond donors (Lipinski definition) is 3. The Labute approximate surface area is 181 Å². The van der Waals surface area contributed by atoms with Crippen LogP contribution in [0.5, 0.6) is 0 Å². The number of amides is 2. The zero-order chi connectivity index (χ0) is 21.4. The first-order chi connectivity index (χ1) is 15.0. The van der Waals surface area contributed by atoms with Gasteiger partial charge in [-0.1, -0.05) is 12.6 Å². The lowest BCUT2D eigenvalue weighted by Gasteiger charge is -2.32. The van der Waals surface area contributed by atoms with Crippen LogP contribution < -0.4 is 20.9 Å². The van der Waals surface area contributed by atoms with E-state index in [1.165, 1.54) is 0 Å². The summed E-state index contributed by atoms with van der Waals surface area (Å²) in [5.74, 6) is 0.405. The molecule has 2 amide bonds. The molecule has 7 heteroatoms. The second-order valence-corrected chi connectivity index (χ2v) is 8.40. The van der Waals surface area contributed by atoms with Gasteiger partial charge in [0.2, 0.25) is 0 Å². The number of fused-ring (bicyclic) bond motifs is 1. The highest BCUT2D eigenvalue weighted by molar-refractivity contribution is 6.04. The molecule has 31 heavy (non-hydrogen) atoms. The molecule has 2 heterocycles. The van der Waals surface area contributed by atoms with Gasteiger partial charge in [-0.05, 0) is 60.4 Å². The van der Waals surface area contributed by atoms with Gasteiger partial charge in [-0.3, -0.25) is 9.59 Å². The van der Waals surface area contributed by atoms with Crippen molar-refractivity contribution in [2.75, 3.05) is 36.5 Å². The molecule has 3 N–H and O–H groups in total. The lowest BCUT2D eigenvalue weighted by molar-refractivity contribution is -0.124. The van der Waals surface area contributed by atoms with Crippen LogP contribution in [0.15, 0.2) is 54.9 Å². The number of aryl methyl sites for hydroxylation is 1. The average molecular weight is 418 g/mol. The normalized spacial score (nSPS) is 22.6. The van der Waals surface area contributed by atoms with Gasteiger partial charge in [0, 0.05) is 36.4 Å². The summed E-state index contributed by atoms with van der Waals surface area (Å²) in [6.45, 7) is 7.07. The van der Waals surface area contributed by atoms with Crippen molar-refractivity contribution in [1.29, 1.82) is 0 Å². The van der Waals surface area contributed by atoms with E-state index in [1.54, 1.807) is 0 Å². The Balaban J connectivity index is 1.27. The van der Waals surface area contributed by atoms with Gasteiger partial charge in [-0.15, -0.1) is 0 Å². The third-order valence-corrected chi connectivity index (χ3v) is 6.37. The highest BCUT2D eigenvalue weighted by Gasteiger charge is 2.45. The molecule has 5 rings (SSSR count). The number of carbonyl (C=O) groups is 2. The fraction of sp³-hybridized carbons (Fsp3) is 0.333. The molecule has 0 radical (unpaired) electrons. The molecule has 2 aromatic rings. The highest BCUT2D eigenvalue weighted by atomic mass is 16.5. The quantitative estimate of drug-likeness (QED) is 0.712. The van der Waals surface area contributed by atoms with Crippen LogP contribution in [0.25, 0.3) is 0 Å². The standard InChI is InChI=1S/C24H26N4O3/c1-16-25-23(30)24(27-16)9-8-17-14-18(2-3-19(17)15-24)22(29)26-20-4-6-21(7-5-20)28-10-12-31-13-11-28/h2-7,14,27H,1,8-13,15H2,(H,25,30)(H,26,29). The maximum Gasteiger partial charge on any atom is 0.255 e. The van der Waals surface area contributed by atoms with Gasteiger partial charge in [-0.25, -0.2) is 0 Å². The predicted molar refractivity (Wildman–Crippen MR) is 119 cm³/mol. The molecule has 0 bridgehead atoms.